The van der Waals surface area contributed by atoms with E-state index < -0.39 is 5.56 Å². The molecule has 0 unspecified atom stereocenters. The topological polar surface area (TPSA) is 110 Å². The molecule has 1 aromatic carbocycles. The smallest absolute Gasteiger partial charge is 0.277 e. The Morgan fingerprint density at radius 1 is 1.32 bits per heavy atom. The summed E-state index contributed by atoms with van der Waals surface area (Å²) in [5.74, 6) is 0.433. The molecule has 0 bridgehead atoms. The molecule has 0 spiro atoms. The molecule has 2 rings (SSSR count). The van der Waals surface area contributed by atoms with Crippen molar-refractivity contribution < 1.29 is 4.74 Å². The fourth-order valence-electron chi connectivity index (χ4n) is 1.47. The second-order valence-electron chi connectivity index (χ2n) is 4.17. The van der Waals surface area contributed by atoms with Crippen LogP contribution in [0, 0.1) is 0 Å². The standard InChI is InChI=1S/C12H15N5O2/c1-17(2)7-3-4-8(13)9(5-7)19-12-10(14)11(18)15-6-16-12/h3-6H,13-14H2,1-2H3,(H,15,16,18). The number of ether oxygens (including phenoxy) is 1. The molecular weight excluding hydrogens is 246 g/mol. The predicted octanol–water partition coefficient (Wildman–Crippen LogP) is 0.793. The molecule has 0 atom stereocenters. The second kappa shape index (κ2) is 4.89. The number of hydrogen-bond acceptors (Lipinski definition) is 6. The molecule has 0 aliphatic rings. The van der Waals surface area contributed by atoms with Gasteiger partial charge < -0.3 is 26.1 Å². The summed E-state index contributed by atoms with van der Waals surface area (Å²) in [4.78, 5) is 19.5. The summed E-state index contributed by atoms with van der Waals surface area (Å²) in [7, 11) is 3.80. The van der Waals surface area contributed by atoms with Crippen LogP contribution in [0.4, 0.5) is 17.1 Å². The van der Waals surface area contributed by atoms with Crippen LogP contribution < -0.4 is 26.7 Å². The van der Waals surface area contributed by atoms with E-state index in [1.807, 2.05) is 25.1 Å². The Bertz CT molecular complexity index is 651. The highest BCUT2D eigenvalue weighted by atomic mass is 16.5. The second-order valence-corrected chi connectivity index (χ2v) is 4.17. The summed E-state index contributed by atoms with van der Waals surface area (Å²) in [5.41, 5.74) is 12.2. The summed E-state index contributed by atoms with van der Waals surface area (Å²) in [6.45, 7) is 0. The third kappa shape index (κ3) is 2.59. The highest BCUT2D eigenvalue weighted by Gasteiger charge is 2.10. The minimum Gasteiger partial charge on any atom is -0.435 e. The van der Waals surface area contributed by atoms with Crippen LogP contribution in [0.25, 0.3) is 0 Å². The summed E-state index contributed by atoms with van der Waals surface area (Å²) in [5, 5.41) is 0. The van der Waals surface area contributed by atoms with Crippen molar-refractivity contribution in [3.8, 4) is 11.6 Å². The van der Waals surface area contributed by atoms with Gasteiger partial charge in [-0.3, -0.25) is 4.79 Å². The monoisotopic (exact) mass is 261 g/mol. The highest BCUT2D eigenvalue weighted by molar-refractivity contribution is 5.63. The van der Waals surface area contributed by atoms with Crippen molar-refractivity contribution >= 4 is 17.1 Å². The lowest BCUT2D eigenvalue weighted by Gasteiger charge is -2.15. The number of benzene rings is 1. The maximum Gasteiger partial charge on any atom is 0.277 e. The number of aromatic nitrogens is 2. The molecule has 100 valence electrons. The van der Waals surface area contributed by atoms with E-state index in [0.29, 0.717) is 11.4 Å². The lowest BCUT2D eigenvalue weighted by Crippen LogP contribution is -2.13. The molecule has 1 heterocycles. The first-order valence-electron chi connectivity index (χ1n) is 5.57. The number of rotatable bonds is 3. The van der Waals surface area contributed by atoms with E-state index in [2.05, 4.69) is 9.97 Å². The SMILES string of the molecule is CN(C)c1ccc(N)c(Oc2nc[nH]c(=O)c2N)c1. The van der Waals surface area contributed by atoms with Gasteiger partial charge in [0, 0.05) is 25.8 Å². The zero-order valence-electron chi connectivity index (χ0n) is 10.7. The normalized spacial score (nSPS) is 10.2. The molecule has 7 heteroatoms. The summed E-state index contributed by atoms with van der Waals surface area (Å²) >= 11 is 0. The number of nitrogens with one attached hydrogen (secondary N) is 1. The number of nitrogens with two attached hydrogens (primary N) is 2. The van der Waals surface area contributed by atoms with E-state index in [-0.39, 0.29) is 11.6 Å². The van der Waals surface area contributed by atoms with Gasteiger partial charge in [-0.2, -0.15) is 0 Å². The Kier molecular flexibility index (Phi) is 3.28. The van der Waals surface area contributed by atoms with Crippen LogP contribution in [0.3, 0.4) is 0 Å². The maximum atomic E-state index is 11.4. The van der Waals surface area contributed by atoms with E-state index >= 15 is 0 Å². The van der Waals surface area contributed by atoms with Crippen LogP contribution in [0.15, 0.2) is 29.3 Å². The van der Waals surface area contributed by atoms with Gasteiger partial charge in [0.15, 0.2) is 11.4 Å². The van der Waals surface area contributed by atoms with E-state index in [4.69, 9.17) is 16.2 Å². The molecule has 0 saturated carbocycles. The molecule has 0 amide bonds. The Morgan fingerprint density at radius 3 is 2.74 bits per heavy atom. The van der Waals surface area contributed by atoms with Crippen LogP contribution in [0.2, 0.25) is 0 Å². The quantitative estimate of drug-likeness (QED) is 0.705. The average Bonchev–Trinajstić information content (AvgIpc) is 2.37. The molecule has 1 aromatic heterocycles. The molecule has 0 saturated heterocycles. The van der Waals surface area contributed by atoms with Gasteiger partial charge in [0.25, 0.3) is 5.56 Å². The molecule has 0 aliphatic carbocycles. The van der Waals surface area contributed by atoms with Gasteiger partial charge in [0.2, 0.25) is 5.88 Å². The molecular formula is C12H15N5O2. The summed E-state index contributed by atoms with van der Waals surface area (Å²) in [6.07, 6.45) is 1.22. The average molecular weight is 261 g/mol. The van der Waals surface area contributed by atoms with Crippen molar-refractivity contribution in [2.45, 2.75) is 0 Å². The maximum absolute atomic E-state index is 11.4. The van der Waals surface area contributed by atoms with Gasteiger partial charge in [0.1, 0.15) is 0 Å². The molecule has 5 N–H and O–H groups in total. The Balaban J connectivity index is 2.40. The fourth-order valence-corrected chi connectivity index (χ4v) is 1.47. The van der Waals surface area contributed by atoms with Gasteiger partial charge in [-0.05, 0) is 12.1 Å². The van der Waals surface area contributed by atoms with Crippen molar-refractivity contribution in [1.29, 1.82) is 0 Å². The number of nitrogens with zero attached hydrogens (tertiary/aromatic N) is 2. The van der Waals surface area contributed by atoms with Crippen molar-refractivity contribution in [1.82, 2.24) is 9.97 Å². The van der Waals surface area contributed by atoms with E-state index in [1.54, 1.807) is 12.1 Å². The van der Waals surface area contributed by atoms with Crippen molar-refractivity contribution in [3.05, 3.63) is 34.9 Å². The van der Waals surface area contributed by atoms with E-state index in [9.17, 15) is 4.79 Å². The zero-order valence-corrected chi connectivity index (χ0v) is 10.7. The van der Waals surface area contributed by atoms with Gasteiger partial charge in [-0.1, -0.05) is 0 Å². The number of hydrogen-bond donors (Lipinski definition) is 3. The largest absolute Gasteiger partial charge is 0.435 e. The number of H-pyrrole nitrogens is 1. The minimum absolute atomic E-state index is 0.0337. The van der Waals surface area contributed by atoms with Gasteiger partial charge in [0.05, 0.1) is 12.0 Å². The summed E-state index contributed by atoms with van der Waals surface area (Å²) in [6, 6.07) is 5.32. The number of anilines is 3. The van der Waals surface area contributed by atoms with Gasteiger partial charge >= 0.3 is 0 Å². The third-order valence-electron chi connectivity index (χ3n) is 2.57. The van der Waals surface area contributed by atoms with Crippen molar-refractivity contribution in [2.75, 3.05) is 30.5 Å². The van der Waals surface area contributed by atoms with Crippen molar-refractivity contribution in [2.24, 2.45) is 0 Å². The third-order valence-corrected chi connectivity index (χ3v) is 2.57. The van der Waals surface area contributed by atoms with Crippen LogP contribution in [-0.2, 0) is 0 Å². The predicted molar refractivity (Wildman–Crippen MR) is 74.5 cm³/mol. The first-order valence-corrected chi connectivity index (χ1v) is 5.57. The molecule has 0 radical (unpaired) electrons. The first kappa shape index (κ1) is 12.7. The zero-order chi connectivity index (χ0) is 14.0. The van der Waals surface area contributed by atoms with E-state index in [0.717, 1.165) is 5.69 Å². The van der Waals surface area contributed by atoms with Crippen LogP contribution >= 0.6 is 0 Å². The fraction of sp³-hybridized carbons (Fsp3) is 0.167. The molecule has 2 aromatic rings. The van der Waals surface area contributed by atoms with Gasteiger partial charge in [-0.15, -0.1) is 0 Å². The summed E-state index contributed by atoms with van der Waals surface area (Å²) < 4.78 is 5.50. The number of aromatic amines is 1. The minimum atomic E-state index is -0.452. The molecule has 0 aliphatic heterocycles. The van der Waals surface area contributed by atoms with E-state index in [1.165, 1.54) is 6.33 Å². The molecule has 19 heavy (non-hydrogen) atoms. The highest BCUT2D eigenvalue weighted by Crippen LogP contribution is 2.31. The van der Waals surface area contributed by atoms with Crippen molar-refractivity contribution in [3.63, 3.8) is 0 Å². The molecule has 7 nitrogen and oxygen atoms in total. The van der Waals surface area contributed by atoms with Crippen LogP contribution in [-0.4, -0.2) is 24.1 Å². The lowest BCUT2D eigenvalue weighted by molar-refractivity contribution is 0.465. The van der Waals surface area contributed by atoms with Gasteiger partial charge in [-0.25, -0.2) is 4.98 Å². The first-order chi connectivity index (χ1) is 8.99. The Labute approximate surface area is 109 Å². The Hall–Kier alpha value is -2.70. The Morgan fingerprint density at radius 2 is 2.05 bits per heavy atom. The van der Waals surface area contributed by atoms with Crippen LogP contribution in [0.5, 0.6) is 11.6 Å². The molecule has 0 fully saturated rings. The number of nitrogen functional groups attached to an aromatic ring is 2. The lowest BCUT2D eigenvalue weighted by atomic mass is 10.2. The van der Waals surface area contributed by atoms with Crippen LogP contribution in [0.1, 0.15) is 0 Å².